The zero-order chi connectivity index (χ0) is 20.9. The Labute approximate surface area is 165 Å². The number of nitrogens with one attached hydrogen (secondary N) is 2. The van der Waals surface area contributed by atoms with Gasteiger partial charge in [0.15, 0.2) is 0 Å². The van der Waals surface area contributed by atoms with Crippen LogP contribution in [0.2, 0.25) is 0 Å². The molecule has 2 heterocycles. The molecule has 154 valence electrons. The Morgan fingerprint density at radius 3 is 2.50 bits per heavy atom. The largest absolute Gasteiger partial charge is 0.417 e. The first kappa shape index (κ1) is 22.0. The van der Waals surface area contributed by atoms with Crippen LogP contribution in [0.1, 0.15) is 43.0 Å². The summed E-state index contributed by atoms with van der Waals surface area (Å²) < 4.78 is 40.0. The Morgan fingerprint density at radius 1 is 1.32 bits per heavy atom. The van der Waals surface area contributed by atoms with Crippen molar-refractivity contribution >= 4 is 23.2 Å². The molecule has 1 fully saturated rings. The number of anilines is 1. The summed E-state index contributed by atoms with van der Waals surface area (Å²) in [6.45, 7) is 15.5. The molecule has 0 radical (unpaired) electrons. The van der Waals surface area contributed by atoms with Crippen LogP contribution in [0.3, 0.4) is 0 Å². The topological polar surface area (TPSA) is 40.2 Å². The van der Waals surface area contributed by atoms with Crippen LogP contribution in [0.4, 0.5) is 19.0 Å². The van der Waals surface area contributed by atoms with Gasteiger partial charge in [-0.1, -0.05) is 32.7 Å². The van der Waals surface area contributed by atoms with E-state index in [0.29, 0.717) is 23.6 Å². The Balaban J connectivity index is 2.40. The molecule has 1 aliphatic heterocycles. The van der Waals surface area contributed by atoms with Gasteiger partial charge in [-0.3, -0.25) is 0 Å². The minimum Gasteiger partial charge on any atom is -0.382 e. The predicted molar refractivity (Wildman–Crippen MR) is 111 cm³/mol. The van der Waals surface area contributed by atoms with Crippen LogP contribution >= 0.6 is 0 Å². The molecule has 7 heteroatoms. The van der Waals surface area contributed by atoms with Gasteiger partial charge < -0.3 is 15.5 Å². The van der Waals surface area contributed by atoms with Crippen LogP contribution in [0.25, 0.3) is 17.3 Å². The van der Waals surface area contributed by atoms with Crippen LogP contribution in [0, 0.1) is 0 Å². The highest BCUT2D eigenvalue weighted by Gasteiger charge is 2.36. The Morgan fingerprint density at radius 2 is 1.96 bits per heavy atom. The molecular formula is C21H29F3N4. The molecule has 4 nitrogen and oxygen atoms in total. The van der Waals surface area contributed by atoms with E-state index >= 15 is 0 Å². The van der Waals surface area contributed by atoms with E-state index in [0.717, 1.165) is 32.4 Å². The summed E-state index contributed by atoms with van der Waals surface area (Å²) in [6.07, 6.45) is -0.460. The molecule has 0 spiro atoms. The third-order valence-electron chi connectivity index (χ3n) is 4.87. The first-order valence-electron chi connectivity index (χ1n) is 9.49. The Kier molecular flexibility index (Phi) is 7.29. The van der Waals surface area contributed by atoms with Crippen molar-refractivity contribution in [1.29, 1.82) is 0 Å². The molecule has 28 heavy (non-hydrogen) atoms. The number of nitrogens with zero attached hydrogens (tertiary/aromatic N) is 2. The number of hydrogen-bond donors (Lipinski definition) is 2. The highest BCUT2D eigenvalue weighted by atomic mass is 19.4. The van der Waals surface area contributed by atoms with E-state index in [1.165, 1.54) is 6.08 Å². The first-order chi connectivity index (χ1) is 13.2. The number of likely N-dealkylation sites (tertiary alicyclic amines) is 1. The van der Waals surface area contributed by atoms with Crippen molar-refractivity contribution in [2.24, 2.45) is 0 Å². The minimum atomic E-state index is -4.58. The lowest BCUT2D eigenvalue weighted by Crippen LogP contribution is -2.40. The molecule has 2 N–H and O–H groups in total. The summed E-state index contributed by atoms with van der Waals surface area (Å²) in [5, 5.41) is 6.45. The Hall–Kier alpha value is -2.28. The van der Waals surface area contributed by atoms with E-state index in [9.17, 15) is 13.2 Å². The van der Waals surface area contributed by atoms with E-state index in [2.05, 4.69) is 47.3 Å². The summed E-state index contributed by atoms with van der Waals surface area (Å²) in [7, 11) is 2.07. The molecule has 1 saturated heterocycles. The molecule has 0 bridgehead atoms. The molecule has 2 rings (SSSR count). The first-order valence-corrected chi connectivity index (χ1v) is 9.49. The van der Waals surface area contributed by atoms with E-state index < -0.39 is 11.7 Å². The number of allylic oxidation sites excluding steroid dienone is 1. The van der Waals surface area contributed by atoms with Crippen molar-refractivity contribution in [3.05, 3.63) is 42.6 Å². The highest BCUT2D eigenvalue weighted by Crippen LogP contribution is 2.36. The van der Waals surface area contributed by atoms with Gasteiger partial charge >= 0.3 is 6.18 Å². The fourth-order valence-electron chi connectivity index (χ4n) is 3.20. The van der Waals surface area contributed by atoms with Crippen LogP contribution in [-0.4, -0.2) is 48.8 Å². The fraction of sp³-hybridized carbons (Fsp3) is 0.476. The number of piperidine rings is 1. The standard InChI is InChI=1S/C21H29F3N4/c1-6-10-25-19-13-18(15(4)26-16-8-11-28(5)12-9-16)17(7-2)20(27-19)14(3)21(22,23)24/h7,13,16,26H,2-4,6,8-12H2,1,5H3,(H,25,27). The summed E-state index contributed by atoms with van der Waals surface area (Å²) in [6, 6.07) is 1.96. The maximum atomic E-state index is 13.3. The summed E-state index contributed by atoms with van der Waals surface area (Å²) in [4.78, 5) is 6.42. The van der Waals surface area contributed by atoms with E-state index in [1.54, 1.807) is 6.07 Å². The van der Waals surface area contributed by atoms with E-state index in [4.69, 9.17) is 0 Å². The van der Waals surface area contributed by atoms with Crippen LogP contribution < -0.4 is 10.6 Å². The van der Waals surface area contributed by atoms with Crippen molar-refractivity contribution in [3.8, 4) is 0 Å². The predicted octanol–water partition coefficient (Wildman–Crippen LogP) is 4.78. The van der Waals surface area contributed by atoms with Gasteiger partial charge in [-0.25, -0.2) is 4.98 Å². The summed E-state index contributed by atoms with van der Waals surface area (Å²) in [5.74, 6) is 0.370. The molecule has 0 aliphatic carbocycles. The van der Waals surface area contributed by atoms with Crippen molar-refractivity contribution in [2.75, 3.05) is 32.0 Å². The van der Waals surface area contributed by atoms with E-state index in [1.807, 2.05) is 6.92 Å². The number of alkyl halides is 3. The van der Waals surface area contributed by atoms with Gasteiger partial charge in [0, 0.05) is 29.4 Å². The number of halogens is 3. The third kappa shape index (κ3) is 5.38. The van der Waals surface area contributed by atoms with Crippen LogP contribution in [0.15, 0.2) is 25.8 Å². The maximum Gasteiger partial charge on any atom is 0.417 e. The van der Waals surface area contributed by atoms with Crippen molar-refractivity contribution < 1.29 is 13.2 Å². The second-order valence-corrected chi connectivity index (χ2v) is 7.12. The second kappa shape index (κ2) is 9.28. The number of aromatic nitrogens is 1. The third-order valence-corrected chi connectivity index (χ3v) is 4.87. The normalized spacial score (nSPS) is 15.9. The zero-order valence-corrected chi connectivity index (χ0v) is 16.6. The molecule has 1 aliphatic rings. The Bertz CT molecular complexity index is 732. The summed E-state index contributed by atoms with van der Waals surface area (Å²) in [5.41, 5.74) is 0.209. The van der Waals surface area contributed by atoms with Crippen LogP contribution in [-0.2, 0) is 0 Å². The lowest BCUT2D eigenvalue weighted by molar-refractivity contribution is -0.0689. The van der Waals surface area contributed by atoms with Gasteiger partial charge in [0.2, 0.25) is 0 Å². The lowest BCUT2D eigenvalue weighted by atomic mass is 9.98. The van der Waals surface area contributed by atoms with Crippen molar-refractivity contribution in [3.63, 3.8) is 0 Å². The number of pyridine rings is 1. The lowest BCUT2D eigenvalue weighted by Gasteiger charge is -2.31. The SMILES string of the molecule is C=Cc1c(C(=C)NC2CCN(C)CC2)cc(NCCC)nc1C(=C)C(F)(F)F. The van der Waals surface area contributed by atoms with Gasteiger partial charge in [-0.15, -0.1) is 0 Å². The monoisotopic (exact) mass is 394 g/mol. The molecular weight excluding hydrogens is 365 g/mol. The minimum absolute atomic E-state index is 0.218. The van der Waals surface area contributed by atoms with Gasteiger partial charge in [0.1, 0.15) is 5.82 Å². The van der Waals surface area contributed by atoms with Gasteiger partial charge in [0.25, 0.3) is 0 Å². The number of rotatable bonds is 8. The average Bonchev–Trinajstić information content (AvgIpc) is 2.65. The molecule has 0 amide bonds. The van der Waals surface area contributed by atoms with E-state index in [-0.39, 0.29) is 17.3 Å². The zero-order valence-electron chi connectivity index (χ0n) is 16.6. The fourth-order valence-corrected chi connectivity index (χ4v) is 3.20. The molecule has 0 atom stereocenters. The van der Waals surface area contributed by atoms with Gasteiger partial charge in [0.05, 0.1) is 11.3 Å². The second-order valence-electron chi connectivity index (χ2n) is 7.12. The molecule has 0 aromatic carbocycles. The number of hydrogen-bond acceptors (Lipinski definition) is 4. The highest BCUT2D eigenvalue weighted by molar-refractivity contribution is 5.82. The van der Waals surface area contributed by atoms with Crippen molar-refractivity contribution in [1.82, 2.24) is 15.2 Å². The summed E-state index contributed by atoms with van der Waals surface area (Å²) >= 11 is 0. The van der Waals surface area contributed by atoms with Crippen LogP contribution in [0.5, 0.6) is 0 Å². The van der Waals surface area contributed by atoms with Gasteiger partial charge in [-0.2, -0.15) is 13.2 Å². The average molecular weight is 394 g/mol. The molecule has 0 saturated carbocycles. The smallest absolute Gasteiger partial charge is 0.382 e. The maximum absolute atomic E-state index is 13.3. The molecule has 0 unspecified atom stereocenters. The molecule has 1 aromatic rings. The quantitative estimate of drug-likeness (QED) is 0.666. The molecule has 1 aromatic heterocycles. The van der Waals surface area contributed by atoms with Gasteiger partial charge in [-0.05, 0) is 45.5 Å². The van der Waals surface area contributed by atoms with Crippen molar-refractivity contribution in [2.45, 2.75) is 38.4 Å².